The van der Waals surface area contributed by atoms with Gasteiger partial charge in [-0.25, -0.2) is 4.79 Å². The summed E-state index contributed by atoms with van der Waals surface area (Å²) in [6, 6.07) is 15.0. The van der Waals surface area contributed by atoms with Crippen molar-refractivity contribution in [1.29, 1.82) is 0 Å². The Bertz CT molecular complexity index is 1300. The molecule has 0 aliphatic rings. The molecule has 4 aromatic rings. The van der Waals surface area contributed by atoms with Crippen molar-refractivity contribution in [3.63, 3.8) is 0 Å². The maximum Gasteiger partial charge on any atom is 0.338 e. The summed E-state index contributed by atoms with van der Waals surface area (Å²) in [7, 11) is 0. The number of nitrogens with one attached hydrogen (secondary N) is 1. The molecule has 0 atom stereocenters. The average Bonchev–Trinajstić information content (AvgIpc) is 3.18. The zero-order chi connectivity index (χ0) is 22.0. The summed E-state index contributed by atoms with van der Waals surface area (Å²) in [5.41, 5.74) is 4.89. The zero-order valence-corrected chi connectivity index (χ0v) is 18.3. The monoisotopic (exact) mass is 434 g/mol. The predicted octanol–water partition coefficient (Wildman–Crippen LogP) is 4.41. The van der Waals surface area contributed by atoms with E-state index in [0.29, 0.717) is 23.0 Å². The Hall–Kier alpha value is -3.39. The van der Waals surface area contributed by atoms with Crippen LogP contribution in [0.5, 0.6) is 0 Å². The van der Waals surface area contributed by atoms with Crippen molar-refractivity contribution >= 4 is 45.9 Å². The van der Waals surface area contributed by atoms with Crippen LogP contribution in [0.4, 0.5) is 5.69 Å². The van der Waals surface area contributed by atoms with E-state index in [-0.39, 0.29) is 11.7 Å². The third-order valence-corrected chi connectivity index (χ3v) is 5.70. The van der Waals surface area contributed by atoms with Crippen LogP contribution < -0.4 is 5.32 Å². The highest BCUT2D eigenvalue weighted by molar-refractivity contribution is 7.99. The predicted molar refractivity (Wildman–Crippen MR) is 122 cm³/mol. The van der Waals surface area contributed by atoms with Gasteiger partial charge in [-0.1, -0.05) is 30.0 Å². The Morgan fingerprint density at radius 2 is 1.94 bits per heavy atom. The highest BCUT2D eigenvalue weighted by atomic mass is 32.2. The maximum atomic E-state index is 12.5. The molecule has 7 nitrogen and oxygen atoms in total. The van der Waals surface area contributed by atoms with Gasteiger partial charge in [-0.15, -0.1) is 10.2 Å². The minimum Gasteiger partial charge on any atom is -0.462 e. The molecule has 1 N–H and O–H groups in total. The van der Waals surface area contributed by atoms with Crippen LogP contribution in [-0.2, 0) is 9.53 Å². The molecule has 8 heteroatoms. The first-order valence-corrected chi connectivity index (χ1v) is 10.9. The number of benzene rings is 2. The molecule has 0 aliphatic heterocycles. The number of thioether (sulfide) groups is 1. The van der Waals surface area contributed by atoms with Gasteiger partial charge in [0.1, 0.15) is 0 Å². The summed E-state index contributed by atoms with van der Waals surface area (Å²) in [5, 5.41) is 13.2. The number of carbonyl (C=O) groups excluding carboxylic acids is 2. The summed E-state index contributed by atoms with van der Waals surface area (Å²) < 4.78 is 7.00. The molecule has 158 valence electrons. The Morgan fingerprint density at radius 1 is 1.10 bits per heavy atom. The van der Waals surface area contributed by atoms with Crippen LogP contribution >= 0.6 is 11.8 Å². The molecule has 0 saturated carbocycles. The first kappa shape index (κ1) is 20.9. The lowest BCUT2D eigenvalue weighted by Crippen LogP contribution is -2.15. The number of nitrogens with zero attached hydrogens (tertiary/aromatic N) is 3. The summed E-state index contributed by atoms with van der Waals surface area (Å²) in [6.45, 7) is 6.09. The molecule has 0 bridgehead atoms. The fraction of sp³-hybridized carbons (Fsp3) is 0.217. The lowest BCUT2D eigenvalue weighted by molar-refractivity contribution is -0.113. The number of aryl methyl sites for hydroxylation is 2. The second kappa shape index (κ2) is 8.77. The van der Waals surface area contributed by atoms with Crippen molar-refractivity contribution in [2.75, 3.05) is 17.7 Å². The Kier molecular flexibility index (Phi) is 5.90. The lowest BCUT2D eigenvalue weighted by atomic mass is 10.1. The molecular formula is C23H22N4O3S. The molecule has 0 spiro atoms. The van der Waals surface area contributed by atoms with Crippen molar-refractivity contribution < 1.29 is 14.3 Å². The topological polar surface area (TPSA) is 85.6 Å². The average molecular weight is 435 g/mol. The number of carbonyl (C=O) groups is 2. The molecule has 0 saturated heterocycles. The first-order valence-electron chi connectivity index (χ1n) is 9.91. The first-order chi connectivity index (χ1) is 15.0. The Balaban J connectivity index is 1.53. The standard InChI is InChI=1S/C23H22N4O3S/c1-4-30-22(29)17-6-5-7-18(12-17)24-20(28)13-31-23-26-25-21-15(3)11-16-9-8-14(2)10-19(16)27(21)23/h5-12H,4,13H2,1-3H3,(H,24,28). The van der Waals surface area contributed by atoms with Crippen LogP contribution in [0.3, 0.4) is 0 Å². The number of hydrogen-bond donors (Lipinski definition) is 1. The van der Waals surface area contributed by atoms with Crippen LogP contribution in [0.1, 0.15) is 28.4 Å². The minimum atomic E-state index is -0.416. The van der Waals surface area contributed by atoms with Crippen molar-refractivity contribution in [2.45, 2.75) is 25.9 Å². The molecule has 0 fully saturated rings. The second-order valence-corrected chi connectivity index (χ2v) is 8.11. The lowest BCUT2D eigenvalue weighted by Gasteiger charge is -2.09. The Morgan fingerprint density at radius 3 is 2.74 bits per heavy atom. The second-order valence-electron chi connectivity index (χ2n) is 7.17. The summed E-state index contributed by atoms with van der Waals surface area (Å²) >= 11 is 1.32. The van der Waals surface area contributed by atoms with Crippen LogP contribution in [0.25, 0.3) is 16.6 Å². The van der Waals surface area contributed by atoms with Crippen molar-refractivity contribution in [2.24, 2.45) is 0 Å². The van der Waals surface area contributed by atoms with Gasteiger partial charge in [0.25, 0.3) is 0 Å². The van der Waals surface area contributed by atoms with E-state index >= 15 is 0 Å². The van der Waals surface area contributed by atoms with Gasteiger partial charge in [-0.3, -0.25) is 9.20 Å². The Labute approximate surface area is 183 Å². The molecule has 2 aromatic heterocycles. The van der Waals surface area contributed by atoms with Crippen LogP contribution in [-0.4, -0.2) is 38.8 Å². The fourth-order valence-electron chi connectivity index (χ4n) is 3.37. The van der Waals surface area contributed by atoms with Crippen molar-refractivity contribution in [3.05, 3.63) is 65.2 Å². The smallest absolute Gasteiger partial charge is 0.338 e. The fourth-order valence-corrected chi connectivity index (χ4v) is 4.11. The van der Waals surface area contributed by atoms with E-state index in [1.807, 2.05) is 18.2 Å². The van der Waals surface area contributed by atoms with E-state index in [1.54, 1.807) is 31.2 Å². The van der Waals surface area contributed by atoms with Crippen LogP contribution in [0, 0.1) is 13.8 Å². The quantitative estimate of drug-likeness (QED) is 0.357. The number of aromatic nitrogens is 3. The normalized spacial score (nSPS) is 11.1. The van der Waals surface area contributed by atoms with Gasteiger partial charge in [-0.05, 0) is 67.6 Å². The molecule has 4 rings (SSSR count). The SMILES string of the molecule is CCOC(=O)c1cccc(NC(=O)CSc2nnc3c(C)cc4ccc(C)cc4n23)c1. The summed E-state index contributed by atoms with van der Waals surface area (Å²) in [4.78, 5) is 24.4. The number of hydrogen-bond acceptors (Lipinski definition) is 6. The van der Waals surface area contributed by atoms with Crippen molar-refractivity contribution in [1.82, 2.24) is 14.6 Å². The molecule has 31 heavy (non-hydrogen) atoms. The molecule has 2 heterocycles. The molecule has 0 aliphatic carbocycles. The number of rotatable bonds is 6. The molecule has 0 unspecified atom stereocenters. The molecule has 1 amide bonds. The molecule has 2 aromatic carbocycles. The van der Waals surface area contributed by atoms with Gasteiger partial charge in [-0.2, -0.15) is 0 Å². The van der Waals surface area contributed by atoms with Crippen LogP contribution in [0.15, 0.2) is 53.7 Å². The molecular weight excluding hydrogens is 412 g/mol. The number of amides is 1. The van der Waals surface area contributed by atoms with Gasteiger partial charge in [0.05, 0.1) is 23.4 Å². The zero-order valence-electron chi connectivity index (χ0n) is 17.5. The molecule has 0 radical (unpaired) electrons. The van der Waals surface area contributed by atoms with E-state index in [1.165, 1.54) is 11.8 Å². The number of fused-ring (bicyclic) bond motifs is 3. The van der Waals surface area contributed by atoms with Gasteiger partial charge in [0, 0.05) is 5.69 Å². The van der Waals surface area contributed by atoms with Gasteiger partial charge in [0.15, 0.2) is 10.8 Å². The van der Waals surface area contributed by atoms with E-state index in [4.69, 9.17) is 4.74 Å². The van der Waals surface area contributed by atoms with E-state index in [2.05, 4.69) is 39.8 Å². The number of pyridine rings is 1. The van der Waals surface area contributed by atoms with Gasteiger partial charge >= 0.3 is 5.97 Å². The minimum absolute atomic E-state index is 0.158. The number of esters is 1. The van der Waals surface area contributed by atoms with Gasteiger partial charge < -0.3 is 10.1 Å². The number of ether oxygens (including phenoxy) is 1. The van der Waals surface area contributed by atoms with Gasteiger partial charge in [0.2, 0.25) is 5.91 Å². The van der Waals surface area contributed by atoms with E-state index in [0.717, 1.165) is 27.7 Å². The highest BCUT2D eigenvalue weighted by Crippen LogP contribution is 2.26. The maximum absolute atomic E-state index is 12.5. The summed E-state index contributed by atoms with van der Waals surface area (Å²) in [6.07, 6.45) is 0. The van der Waals surface area contributed by atoms with Crippen LogP contribution in [0.2, 0.25) is 0 Å². The third-order valence-electron chi connectivity index (χ3n) is 4.77. The van der Waals surface area contributed by atoms with Crippen molar-refractivity contribution in [3.8, 4) is 0 Å². The number of anilines is 1. The van der Waals surface area contributed by atoms with E-state index in [9.17, 15) is 9.59 Å². The highest BCUT2D eigenvalue weighted by Gasteiger charge is 2.15. The van der Waals surface area contributed by atoms with E-state index < -0.39 is 5.97 Å². The largest absolute Gasteiger partial charge is 0.462 e. The summed E-state index contributed by atoms with van der Waals surface area (Å²) in [5.74, 6) is -0.456. The third kappa shape index (κ3) is 4.39.